The summed E-state index contributed by atoms with van der Waals surface area (Å²) in [6.45, 7) is 5.43. The van der Waals surface area contributed by atoms with E-state index in [0.717, 1.165) is 10.9 Å². The Morgan fingerprint density at radius 1 is 1.00 bits per heavy atom. The number of carbonyl (C=O) groups excluding carboxylic acids is 3. The third-order valence-corrected chi connectivity index (χ3v) is 4.80. The second-order valence-corrected chi connectivity index (χ2v) is 8.51. The minimum Gasteiger partial charge on any atom is -0.467 e. The lowest BCUT2D eigenvalue weighted by Gasteiger charge is -2.19. The largest absolute Gasteiger partial charge is 0.467 e. The Hall–Kier alpha value is -3.81. The minimum atomic E-state index is -1.00. The second-order valence-electron chi connectivity index (χ2n) is 8.51. The number of hydrogen-bond donors (Lipinski definition) is 1. The number of aromatic nitrogens is 1. The van der Waals surface area contributed by atoms with Crippen molar-refractivity contribution in [3.63, 3.8) is 0 Å². The number of nitrogens with zero attached hydrogens (tertiary/aromatic N) is 1. The maximum absolute atomic E-state index is 12.7. The molecule has 1 N–H and O–H groups in total. The van der Waals surface area contributed by atoms with Gasteiger partial charge in [-0.3, -0.25) is 4.57 Å². The average Bonchev–Trinajstić information content (AvgIpc) is 3.15. The summed E-state index contributed by atoms with van der Waals surface area (Å²) >= 11 is 0. The fraction of sp³-hybridized carbons (Fsp3) is 0.320. The van der Waals surface area contributed by atoms with Crippen LogP contribution in [0.1, 0.15) is 31.9 Å². The van der Waals surface area contributed by atoms with Gasteiger partial charge in [0.25, 0.3) is 0 Å². The highest BCUT2D eigenvalue weighted by Crippen LogP contribution is 2.24. The zero-order valence-corrected chi connectivity index (χ0v) is 19.2. The molecule has 2 aromatic carbocycles. The van der Waals surface area contributed by atoms with E-state index in [1.54, 1.807) is 33.0 Å². The topological polar surface area (TPSA) is 95.9 Å². The molecule has 33 heavy (non-hydrogen) atoms. The molecule has 1 amide bonds. The molecule has 1 heterocycles. The molecule has 3 aromatic rings. The molecule has 0 aliphatic carbocycles. The molecule has 1 aromatic heterocycles. The number of esters is 1. The van der Waals surface area contributed by atoms with Crippen LogP contribution in [0.2, 0.25) is 0 Å². The number of benzene rings is 2. The van der Waals surface area contributed by atoms with E-state index in [-0.39, 0.29) is 13.0 Å². The highest BCUT2D eigenvalue weighted by Gasteiger charge is 2.26. The quantitative estimate of drug-likeness (QED) is 0.439. The van der Waals surface area contributed by atoms with E-state index in [1.165, 1.54) is 11.7 Å². The van der Waals surface area contributed by atoms with E-state index >= 15 is 0 Å². The minimum absolute atomic E-state index is 0.0680. The third-order valence-electron chi connectivity index (χ3n) is 4.80. The molecule has 8 nitrogen and oxygen atoms in total. The SMILES string of the molecule is COC(=O)[C@H](Cc1cn(C(=O)OC(C)(C)C)c2ccccc12)NC(=O)OCc1ccccc1. The fourth-order valence-corrected chi connectivity index (χ4v) is 3.34. The van der Waals surface area contributed by atoms with Crippen molar-refractivity contribution in [1.29, 1.82) is 0 Å². The van der Waals surface area contributed by atoms with Crippen molar-refractivity contribution < 1.29 is 28.6 Å². The van der Waals surface area contributed by atoms with E-state index in [1.807, 2.05) is 48.5 Å². The van der Waals surface area contributed by atoms with Crippen molar-refractivity contribution in [1.82, 2.24) is 9.88 Å². The number of fused-ring (bicyclic) bond motifs is 1. The number of para-hydroxylation sites is 1. The van der Waals surface area contributed by atoms with Crippen LogP contribution in [0.3, 0.4) is 0 Å². The summed E-state index contributed by atoms with van der Waals surface area (Å²) in [5.74, 6) is -0.624. The molecule has 3 rings (SSSR count). The lowest BCUT2D eigenvalue weighted by molar-refractivity contribution is -0.143. The number of rotatable bonds is 6. The number of methoxy groups -OCH3 is 1. The molecule has 8 heteroatoms. The normalized spacial score (nSPS) is 12.1. The summed E-state index contributed by atoms with van der Waals surface area (Å²) in [6.07, 6.45) is 0.440. The first-order valence-corrected chi connectivity index (χ1v) is 10.6. The van der Waals surface area contributed by atoms with Gasteiger partial charge in [0.05, 0.1) is 12.6 Å². The summed E-state index contributed by atoms with van der Waals surface area (Å²) in [5.41, 5.74) is 1.47. The first-order chi connectivity index (χ1) is 15.7. The molecule has 1 atom stereocenters. The Kier molecular flexibility index (Phi) is 7.37. The van der Waals surface area contributed by atoms with E-state index in [2.05, 4.69) is 5.32 Å². The Morgan fingerprint density at radius 3 is 2.33 bits per heavy atom. The van der Waals surface area contributed by atoms with Crippen molar-refractivity contribution >= 4 is 29.1 Å². The Morgan fingerprint density at radius 2 is 1.67 bits per heavy atom. The molecule has 0 fully saturated rings. The van der Waals surface area contributed by atoms with Crippen LogP contribution in [0.5, 0.6) is 0 Å². The van der Waals surface area contributed by atoms with Crippen LogP contribution in [-0.2, 0) is 32.0 Å². The van der Waals surface area contributed by atoms with Gasteiger partial charge in [0.1, 0.15) is 18.2 Å². The van der Waals surface area contributed by atoms with Crippen LogP contribution in [0, 0.1) is 0 Å². The summed E-state index contributed by atoms with van der Waals surface area (Å²) in [7, 11) is 1.25. The average molecular weight is 453 g/mol. The van der Waals surface area contributed by atoms with Gasteiger partial charge < -0.3 is 19.5 Å². The summed E-state index contributed by atoms with van der Waals surface area (Å²) in [6, 6.07) is 15.5. The molecule has 0 aliphatic rings. The van der Waals surface area contributed by atoms with Gasteiger partial charge >= 0.3 is 18.2 Å². The zero-order valence-electron chi connectivity index (χ0n) is 19.2. The lowest BCUT2D eigenvalue weighted by Crippen LogP contribution is -2.43. The van der Waals surface area contributed by atoms with E-state index in [0.29, 0.717) is 11.1 Å². The van der Waals surface area contributed by atoms with E-state index in [4.69, 9.17) is 14.2 Å². The number of amides is 1. The molecule has 0 spiro atoms. The van der Waals surface area contributed by atoms with Crippen LogP contribution in [0.15, 0.2) is 60.8 Å². The summed E-state index contributed by atoms with van der Waals surface area (Å²) in [5, 5.41) is 3.33. The second kappa shape index (κ2) is 10.2. The summed E-state index contributed by atoms with van der Waals surface area (Å²) < 4.78 is 17.0. The van der Waals surface area contributed by atoms with Crippen molar-refractivity contribution in [2.75, 3.05) is 7.11 Å². The molecular weight excluding hydrogens is 424 g/mol. The van der Waals surface area contributed by atoms with Crippen molar-refractivity contribution in [3.05, 3.63) is 71.9 Å². The van der Waals surface area contributed by atoms with Gasteiger partial charge in [0.2, 0.25) is 0 Å². The maximum atomic E-state index is 12.7. The molecule has 0 radical (unpaired) electrons. The van der Waals surface area contributed by atoms with Crippen molar-refractivity contribution in [2.45, 2.75) is 45.4 Å². The Bertz CT molecular complexity index is 1130. The molecular formula is C25H28N2O6. The van der Waals surface area contributed by atoms with Gasteiger partial charge in [-0.25, -0.2) is 14.4 Å². The van der Waals surface area contributed by atoms with Gasteiger partial charge in [-0.05, 0) is 38.0 Å². The predicted molar refractivity (Wildman–Crippen MR) is 123 cm³/mol. The number of alkyl carbamates (subject to hydrolysis) is 1. The summed E-state index contributed by atoms with van der Waals surface area (Å²) in [4.78, 5) is 37.5. The molecule has 0 bridgehead atoms. The maximum Gasteiger partial charge on any atom is 0.419 e. The molecule has 0 unspecified atom stereocenters. The fourth-order valence-electron chi connectivity index (χ4n) is 3.34. The predicted octanol–water partition coefficient (Wildman–Crippen LogP) is 4.44. The van der Waals surface area contributed by atoms with Crippen LogP contribution in [0.4, 0.5) is 9.59 Å². The third kappa shape index (κ3) is 6.35. The smallest absolute Gasteiger partial charge is 0.419 e. The highest BCUT2D eigenvalue weighted by molar-refractivity contribution is 5.92. The standard InChI is InChI=1S/C25H28N2O6/c1-25(2,3)33-24(30)27-15-18(19-12-8-9-13-21(19)27)14-20(22(28)31-4)26-23(29)32-16-17-10-6-5-7-11-17/h5-13,15,20H,14,16H2,1-4H3,(H,26,29)/t20-/m0/s1. The van der Waals surface area contributed by atoms with E-state index in [9.17, 15) is 14.4 Å². The van der Waals surface area contributed by atoms with Gasteiger partial charge in [-0.1, -0.05) is 48.5 Å². The molecule has 174 valence electrons. The van der Waals surface area contributed by atoms with Gasteiger partial charge in [-0.2, -0.15) is 0 Å². The zero-order chi connectivity index (χ0) is 24.0. The number of hydrogen-bond acceptors (Lipinski definition) is 6. The first kappa shape index (κ1) is 23.8. The molecule has 0 aliphatic heterocycles. The van der Waals surface area contributed by atoms with Crippen molar-refractivity contribution in [3.8, 4) is 0 Å². The van der Waals surface area contributed by atoms with Crippen LogP contribution in [0.25, 0.3) is 10.9 Å². The first-order valence-electron chi connectivity index (χ1n) is 10.6. The Labute approximate surface area is 192 Å². The lowest BCUT2D eigenvalue weighted by atomic mass is 10.1. The van der Waals surface area contributed by atoms with E-state index < -0.39 is 29.8 Å². The van der Waals surface area contributed by atoms with Crippen LogP contribution >= 0.6 is 0 Å². The molecule has 0 saturated heterocycles. The van der Waals surface area contributed by atoms with Crippen LogP contribution < -0.4 is 5.32 Å². The van der Waals surface area contributed by atoms with Gasteiger partial charge in [0.15, 0.2) is 0 Å². The highest BCUT2D eigenvalue weighted by atomic mass is 16.6. The number of ether oxygens (including phenoxy) is 3. The monoisotopic (exact) mass is 452 g/mol. The van der Waals surface area contributed by atoms with Gasteiger partial charge in [0, 0.05) is 18.0 Å². The van der Waals surface area contributed by atoms with Crippen molar-refractivity contribution in [2.24, 2.45) is 0 Å². The number of carbonyl (C=O) groups is 3. The Balaban J connectivity index is 1.80. The number of nitrogens with one attached hydrogen (secondary N) is 1. The van der Waals surface area contributed by atoms with Crippen LogP contribution in [-0.4, -0.2) is 41.5 Å². The van der Waals surface area contributed by atoms with Gasteiger partial charge in [-0.15, -0.1) is 0 Å². The molecule has 0 saturated carbocycles.